The summed E-state index contributed by atoms with van der Waals surface area (Å²) in [5, 5.41) is 10.9. The van der Waals surface area contributed by atoms with E-state index < -0.39 is 0 Å². The highest BCUT2D eigenvalue weighted by molar-refractivity contribution is 9.10. The second-order valence-electron chi connectivity index (χ2n) is 4.46. The second kappa shape index (κ2) is 6.97. The molecule has 0 saturated heterocycles. The van der Waals surface area contributed by atoms with E-state index in [9.17, 15) is 4.79 Å². The predicted octanol–water partition coefficient (Wildman–Crippen LogP) is 3.53. The van der Waals surface area contributed by atoms with E-state index in [-0.39, 0.29) is 11.7 Å². The Morgan fingerprint density at radius 2 is 2.22 bits per heavy atom. The van der Waals surface area contributed by atoms with Gasteiger partial charge in [0.15, 0.2) is 0 Å². The third-order valence-corrected chi connectivity index (χ3v) is 4.10. The van der Waals surface area contributed by atoms with Crippen LogP contribution in [0.15, 0.2) is 49.2 Å². The van der Waals surface area contributed by atoms with Crippen molar-refractivity contribution in [1.82, 2.24) is 15.2 Å². The number of nitrogens with one attached hydrogen (secondary N) is 1. The molecule has 7 nitrogen and oxygen atoms in total. The number of anilines is 1. The van der Waals surface area contributed by atoms with Crippen LogP contribution in [0, 0.1) is 6.92 Å². The van der Waals surface area contributed by atoms with Crippen LogP contribution < -0.4 is 5.32 Å². The van der Waals surface area contributed by atoms with E-state index in [0.29, 0.717) is 22.7 Å². The highest BCUT2D eigenvalue weighted by atomic mass is 79.9. The molecule has 9 heteroatoms. The Morgan fingerprint density at radius 1 is 1.35 bits per heavy atom. The molecule has 0 atom stereocenters. The summed E-state index contributed by atoms with van der Waals surface area (Å²) in [6.07, 6.45) is 3.17. The fraction of sp³-hybridized carbons (Fsp3) is 0.143. The maximum atomic E-state index is 11.9. The SMILES string of the molecule is Cc1occc1-c1nnc(SCC(=O)Nc2ccc(Br)cn2)o1. The van der Waals surface area contributed by atoms with Gasteiger partial charge in [-0.15, -0.1) is 10.2 Å². The minimum atomic E-state index is -0.205. The molecule has 0 aromatic carbocycles. The zero-order valence-electron chi connectivity index (χ0n) is 11.9. The first-order chi connectivity index (χ1) is 11.1. The molecule has 0 aliphatic carbocycles. The number of hydrogen-bond acceptors (Lipinski definition) is 7. The zero-order valence-corrected chi connectivity index (χ0v) is 14.3. The molecule has 0 bridgehead atoms. The topological polar surface area (TPSA) is 94.0 Å². The molecular formula is C14H11BrN4O3S. The number of carbonyl (C=O) groups is 1. The van der Waals surface area contributed by atoms with Gasteiger partial charge in [-0.1, -0.05) is 11.8 Å². The van der Waals surface area contributed by atoms with Crippen LogP contribution >= 0.6 is 27.7 Å². The molecule has 23 heavy (non-hydrogen) atoms. The first-order valence-corrected chi connectivity index (χ1v) is 8.32. The Bertz CT molecular complexity index is 816. The number of rotatable bonds is 5. The van der Waals surface area contributed by atoms with Crippen molar-refractivity contribution >= 4 is 39.4 Å². The summed E-state index contributed by atoms with van der Waals surface area (Å²) >= 11 is 4.44. The molecule has 3 heterocycles. The Hall–Kier alpha value is -2.13. The highest BCUT2D eigenvalue weighted by Gasteiger charge is 2.14. The van der Waals surface area contributed by atoms with Crippen molar-refractivity contribution < 1.29 is 13.6 Å². The van der Waals surface area contributed by atoms with Crippen LogP contribution in [0.5, 0.6) is 0 Å². The van der Waals surface area contributed by atoms with E-state index >= 15 is 0 Å². The molecule has 1 N–H and O–H groups in total. The van der Waals surface area contributed by atoms with Crippen LogP contribution in [0.2, 0.25) is 0 Å². The van der Waals surface area contributed by atoms with Crippen molar-refractivity contribution in [2.45, 2.75) is 12.1 Å². The lowest BCUT2D eigenvalue weighted by molar-refractivity contribution is -0.113. The molecule has 3 rings (SSSR count). The predicted molar refractivity (Wildman–Crippen MR) is 88.0 cm³/mol. The highest BCUT2D eigenvalue weighted by Crippen LogP contribution is 2.26. The van der Waals surface area contributed by atoms with Crippen molar-refractivity contribution in [3.05, 3.63) is 40.9 Å². The van der Waals surface area contributed by atoms with Gasteiger partial charge in [-0.25, -0.2) is 4.98 Å². The summed E-state index contributed by atoms with van der Waals surface area (Å²) < 4.78 is 11.5. The fourth-order valence-corrected chi connectivity index (χ4v) is 2.54. The number of halogens is 1. The molecule has 3 aromatic rings. The number of aromatic nitrogens is 3. The summed E-state index contributed by atoms with van der Waals surface area (Å²) in [4.78, 5) is 15.9. The monoisotopic (exact) mass is 394 g/mol. The van der Waals surface area contributed by atoms with Gasteiger partial charge in [0.25, 0.3) is 11.1 Å². The van der Waals surface area contributed by atoms with Gasteiger partial charge in [-0.05, 0) is 41.1 Å². The first-order valence-electron chi connectivity index (χ1n) is 6.54. The Morgan fingerprint density at radius 3 is 2.91 bits per heavy atom. The number of amides is 1. The molecule has 118 valence electrons. The van der Waals surface area contributed by atoms with Crippen molar-refractivity contribution in [3.8, 4) is 11.5 Å². The lowest BCUT2D eigenvalue weighted by Crippen LogP contribution is -2.14. The maximum Gasteiger partial charge on any atom is 0.277 e. The van der Waals surface area contributed by atoms with Crippen LogP contribution in [0.3, 0.4) is 0 Å². The number of hydrogen-bond donors (Lipinski definition) is 1. The molecular weight excluding hydrogens is 384 g/mol. The molecule has 0 unspecified atom stereocenters. The summed E-state index contributed by atoms with van der Waals surface area (Å²) in [5.74, 6) is 1.49. The van der Waals surface area contributed by atoms with E-state index in [4.69, 9.17) is 8.83 Å². The molecule has 3 aromatic heterocycles. The summed E-state index contributed by atoms with van der Waals surface area (Å²) in [5.41, 5.74) is 0.743. The minimum Gasteiger partial charge on any atom is -0.469 e. The van der Waals surface area contributed by atoms with Crippen LogP contribution in [0.1, 0.15) is 5.76 Å². The molecule has 0 aliphatic rings. The summed E-state index contributed by atoms with van der Waals surface area (Å²) in [6.45, 7) is 1.81. The number of furan rings is 1. The van der Waals surface area contributed by atoms with E-state index in [1.807, 2.05) is 6.92 Å². The molecule has 0 spiro atoms. The van der Waals surface area contributed by atoms with Crippen LogP contribution in [0.25, 0.3) is 11.5 Å². The van der Waals surface area contributed by atoms with Gasteiger partial charge in [0.1, 0.15) is 11.6 Å². The third-order valence-electron chi connectivity index (χ3n) is 2.82. The second-order valence-corrected chi connectivity index (χ2v) is 6.30. The quantitative estimate of drug-likeness (QED) is 0.661. The lowest BCUT2D eigenvalue weighted by atomic mass is 10.3. The Labute approximate surface area is 144 Å². The smallest absolute Gasteiger partial charge is 0.277 e. The van der Waals surface area contributed by atoms with Crippen molar-refractivity contribution in [2.75, 3.05) is 11.1 Å². The molecule has 1 amide bonds. The largest absolute Gasteiger partial charge is 0.469 e. The molecule has 0 aliphatic heterocycles. The Balaban J connectivity index is 1.56. The van der Waals surface area contributed by atoms with Crippen molar-refractivity contribution in [2.24, 2.45) is 0 Å². The molecule has 0 saturated carbocycles. The molecule has 0 fully saturated rings. The van der Waals surface area contributed by atoms with E-state index in [1.165, 1.54) is 0 Å². The van der Waals surface area contributed by atoms with E-state index in [2.05, 4.69) is 36.4 Å². The Kier molecular flexibility index (Phi) is 4.77. The number of nitrogens with zero attached hydrogens (tertiary/aromatic N) is 3. The van der Waals surface area contributed by atoms with Gasteiger partial charge in [-0.3, -0.25) is 4.79 Å². The van der Waals surface area contributed by atoms with Gasteiger partial charge in [0.05, 0.1) is 17.6 Å². The fourth-order valence-electron chi connectivity index (χ4n) is 1.74. The minimum absolute atomic E-state index is 0.143. The standard InChI is InChI=1S/C14H11BrN4O3S/c1-8-10(4-5-21-8)13-18-19-14(22-13)23-7-12(20)17-11-3-2-9(15)6-16-11/h2-6H,7H2,1H3,(H,16,17,20). The van der Waals surface area contributed by atoms with Crippen molar-refractivity contribution in [1.29, 1.82) is 0 Å². The average Bonchev–Trinajstić information content (AvgIpc) is 3.16. The third kappa shape index (κ3) is 3.99. The van der Waals surface area contributed by atoms with Crippen LogP contribution in [-0.4, -0.2) is 26.8 Å². The first kappa shape index (κ1) is 15.8. The van der Waals surface area contributed by atoms with Crippen LogP contribution in [-0.2, 0) is 4.79 Å². The lowest BCUT2D eigenvalue weighted by Gasteiger charge is -2.02. The maximum absolute atomic E-state index is 11.9. The van der Waals surface area contributed by atoms with E-state index in [0.717, 1.165) is 21.8 Å². The number of aryl methyl sites for hydroxylation is 1. The van der Waals surface area contributed by atoms with Gasteiger partial charge in [-0.2, -0.15) is 0 Å². The normalized spacial score (nSPS) is 10.7. The number of thioether (sulfide) groups is 1. The zero-order chi connectivity index (χ0) is 16.2. The number of pyridine rings is 1. The summed E-state index contributed by atoms with van der Waals surface area (Å²) in [7, 11) is 0. The van der Waals surface area contributed by atoms with E-state index in [1.54, 1.807) is 30.7 Å². The van der Waals surface area contributed by atoms with Gasteiger partial charge >= 0.3 is 0 Å². The van der Waals surface area contributed by atoms with Crippen LogP contribution in [0.4, 0.5) is 5.82 Å². The van der Waals surface area contributed by atoms with Gasteiger partial charge in [0, 0.05) is 10.7 Å². The average molecular weight is 395 g/mol. The molecule has 0 radical (unpaired) electrons. The number of carbonyl (C=O) groups excluding carboxylic acids is 1. The van der Waals surface area contributed by atoms with Gasteiger partial charge in [0.2, 0.25) is 5.91 Å². The summed E-state index contributed by atoms with van der Waals surface area (Å²) in [6, 6.07) is 5.26. The van der Waals surface area contributed by atoms with Crippen molar-refractivity contribution in [3.63, 3.8) is 0 Å². The van der Waals surface area contributed by atoms with Gasteiger partial charge < -0.3 is 14.2 Å².